The highest BCUT2D eigenvalue weighted by Gasteiger charge is 2.06. The van der Waals surface area contributed by atoms with E-state index in [-0.39, 0.29) is 11.9 Å². The van der Waals surface area contributed by atoms with Crippen LogP contribution in [0.4, 0.5) is 5.69 Å². The number of carbonyl (C=O) groups is 1. The maximum atomic E-state index is 11.8. The molecular weight excluding hydrogens is 250 g/mol. The Hall–Kier alpha value is -2.62. The molecule has 0 radical (unpaired) electrons. The molecule has 0 fully saturated rings. The van der Waals surface area contributed by atoms with E-state index in [4.69, 9.17) is 5.73 Å². The summed E-state index contributed by atoms with van der Waals surface area (Å²) in [7, 11) is 0. The Bertz CT molecular complexity index is 608. The van der Waals surface area contributed by atoms with Crippen molar-refractivity contribution < 1.29 is 4.79 Å². The van der Waals surface area contributed by atoms with Gasteiger partial charge in [-0.1, -0.05) is 18.2 Å². The lowest BCUT2D eigenvalue weighted by atomic mass is 10.1. The number of hydrogen-bond donors (Lipinski definition) is 2. The third-order valence-corrected chi connectivity index (χ3v) is 2.88. The minimum Gasteiger partial charge on any atom is -0.399 e. The first kappa shape index (κ1) is 13.8. The lowest BCUT2D eigenvalue weighted by Crippen LogP contribution is -2.24. The summed E-state index contributed by atoms with van der Waals surface area (Å²) < 4.78 is 0. The summed E-state index contributed by atoms with van der Waals surface area (Å²) in [5, 5.41) is 2.88. The SMILES string of the molecule is C[C@@H](NC(=O)/C=C/c1cccc(N)c1)c1cccnc1. The van der Waals surface area contributed by atoms with Gasteiger partial charge in [0.2, 0.25) is 5.91 Å². The van der Waals surface area contributed by atoms with E-state index in [1.54, 1.807) is 18.5 Å². The maximum Gasteiger partial charge on any atom is 0.244 e. The van der Waals surface area contributed by atoms with Gasteiger partial charge in [-0.2, -0.15) is 0 Å². The van der Waals surface area contributed by atoms with Crippen molar-refractivity contribution in [1.82, 2.24) is 10.3 Å². The van der Waals surface area contributed by atoms with E-state index in [0.29, 0.717) is 5.69 Å². The summed E-state index contributed by atoms with van der Waals surface area (Å²) in [5.41, 5.74) is 8.23. The number of rotatable bonds is 4. The molecule has 0 aliphatic rings. The van der Waals surface area contributed by atoms with E-state index in [1.165, 1.54) is 6.08 Å². The van der Waals surface area contributed by atoms with Crippen LogP contribution in [0.5, 0.6) is 0 Å². The summed E-state index contributed by atoms with van der Waals surface area (Å²) in [6, 6.07) is 11.1. The fraction of sp³-hybridized carbons (Fsp3) is 0.125. The minimum absolute atomic E-state index is 0.0818. The highest BCUT2D eigenvalue weighted by Crippen LogP contribution is 2.10. The largest absolute Gasteiger partial charge is 0.399 e. The summed E-state index contributed by atoms with van der Waals surface area (Å²) >= 11 is 0. The first-order chi connectivity index (χ1) is 9.65. The number of nitrogens with one attached hydrogen (secondary N) is 1. The fourth-order valence-corrected chi connectivity index (χ4v) is 1.81. The van der Waals surface area contributed by atoms with Crippen molar-refractivity contribution in [2.24, 2.45) is 0 Å². The molecule has 1 aromatic heterocycles. The van der Waals surface area contributed by atoms with Gasteiger partial charge >= 0.3 is 0 Å². The summed E-state index contributed by atoms with van der Waals surface area (Å²) in [6.45, 7) is 1.92. The molecule has 0 aliphatic carbocycles. The highest BCUT2D eigenvalue weighted by atomic mass is 16.1. The quantitative estimate of drug-likeness (QED) is 0.660. The Morgan fingerprint density at radius 1 is 1.35 bits per heavy atom. The predicted molar refractivity (Wildman–Crippen MR) is 80.7 cm³/mol. The van der Waals surface area contributed by atoms with Crippen LogP contribution in [0.3, 0.4) is 0 Å². The van der Waals surface area contributed by atoms with Gasteiger partial charge in [0, 0.05) is 24.2 Å². The minimum atomic E-state index is -0.149. The van der Waals surface area contributed by atoms with Crippen LogP contribution in [-0.4, -0.2) is 10.9 Å². The van der Waals surface area contributed by atoms with Gasteiger partial charge in [0.05, 0.1) is 6.04 Å². The van der Waals surface area contributed by atoms with Crippen LogP contribution in [0.25, 0.3) is 6.08 Å². The molecular formula is C16H17N3O. The number of nitrogens with zero attached hydrogens (tertiary/aromatic N) is 1. The smallest absolute Gasteiger partial charge is 0.244 e. The second-order valence-corrected chi connectivity index (χ2v) is 4.52. The van der Waals surface area contributed by atoms with Gasteiger partial charge in [-0.05, 0) is 42.3 Å². The zero-order chi connectivity index (χ0) is 14.4. The van der Waals surface area contributed by atoms with Gasteiger partial charge < -0.3 is 11.1 Å². The van der Waals surface area contributed by atoms with Gasteiger partial charge in [0.15, 0.2) is 0 Å². The molecule has 1 heterocycles. The molecule has 0 saturated heterocycles. The van der Waals surface area contributed by atoms with Crippen LogP contribution < -0.4 is 11.1 Å². The summed E-state index contributed by atoms with van der Waals surface area (Å²) in [4.78, 5) is 15.9. The molecule has 0 bridgehead atoms. The van der Waals surface area contributed by atoms with Crippen molar-refractivity contribution in [2.45, 2.75) is 13.0 Å². The van der Waals surface area contributed by atoms with Crippen LogP contribution in [0.15, 0.2) is 54.9 Å². The molecule has 2 rings (SSSR count). The molecule has 3 N–H and O–H groups in total. The maximum absolute atomic E-state index is 11.8. The average molecular weight is 267 g/mol. The molecule has 4 heteroatoms. The van der Waals surface area contributed by atoms with Crippen LogP contribution in [0.1, 0.15) is 24.1 Å². The lowest BCUT2D eigenvalue weighted by molar-refractivity contribution is -0.117. The van der Waals surface area contributed by atoms with Gasteiger partial charge in [-0.25, -0.2) is 0 Å². The molecule has 0 spiro atoms. The van der Waals surface area contributed by atoms with Crippen molar-refractivity contribution >= 4 is 17.7 Å². The number of carbonyl (C=O) groups excluding carboxylic acids is 1. The second kappa shape index (κ2) is 6.52. The topological polar surface area (TPSA) is 68.0 Å². The van der Waals surface area contributed by atoms with Crippen LogP contribution in [0, 0.1) is 0 Å². The zero-order valence-corrected chi connectivity index (χ0v) is 11.3. The standard InChI is InChI=1S/C16H17N3O/c1-12(14-5-3-9-18-11-14)19-16(20)8-7-13-4-2-6-15(17)10-13/h2-12H,17H2,1H3,(H,19,20)/b8-7+/t12-/m1/s1. The van der Waals surface area contributed by atoms with Gasteiger partial charge in [0.25, 0.3) is 0 Å². The molecule has 1 aromatic carbocycles. The van der Waals surface area contributed by atoms with Crippen molar-refractivity contribution in [2.75, 3.05) is 5.73 Å². The Balaban J connectivity index is 1.96. The average Bonchev–Trinajstić information content (AvgIpc) is 2.46. The van der Waals surface area contributed by atoms with Crippen LogP contribution in [-0.2, 0) is 4.79 Å². The number of benzene rings is 1. The van der Waals surface area contributed by atoms with Crippen molar-refractivity contribution in [3.63, 3.8) is 0 Å². The Morgan fingerprint density at radius 3 is 2.90 bits per heavy atom. The third kappa shape index (κ3) is 3.95. The Labute approximate surface area is 118 Å². The number of nitrogen functional groups attached to an aromatic ring is 1. The summed E-state index contributed by atoms with van der Waals surface area (Å²) in [6.07, 6.45) is 6.69. The molecule has 2 aromatic rings. The van der Waals surface area contributed by atoms with Crippen molar-refractivity contribution in [1.29, 1.82) is 0 Å². The first-order valence-corrected chi connectivity index (χ1v) is 6.39. The van der Waals surface area contributed by atoms with E-state index in [0.717, 1.165) is 11.1 Å². The predicted octanol–water partition coefficient (Wildman–Crippen LogP) is 2.55. The van der Waals surface area contributed by atoms with Gasteiger partial charge in [-0.3, -0.25) is 9.78 Å². The Morgan fingerprint density at radius 2 is 2.20 bits per heavy atom. The fourth-order valence-electron chi connectivity index (χ4n) is 1.81. The lowest BCUT2D eigenvalue weighted by Gasteiger charge is -2.11. The molecule has 102 valence electrons. The van der Waals surface area contributed by atoms with Gasteiger partial charge in [-0.15, -0.1) is 0 Å². The molecule has 0 saturated carbocycles. The third-order valence-electron chi connectivity index (χ3n) is 2.88. The van der Waals surface area contributed by atoms with E-state index >= 15 is 0 Å². The Kier molecular flexibility index (Phi) is 4.50. The van der Waals surface area contributed by atoms with E-state index in [1.807, 2.05) is 43.3 Å². The molecule has 1 amide bonds. The van der Waals surface area contributed by atoms with E-state index in [9.17, 15) is 4.79 Å². The van der Waals surface area contributed by atoms with Crippen LogP contribution in [0.2, 0.25) is 0 Å². The van der Waals surface area contributed by atoms with E-state index in [2.05, 4.69) is 10.3 Å². The molecule has 20 heavy (non-hydrogen) atoms. The normalized spacial score (nSPS) is 12.2. The number of aromatic nitrogens is 1. The van der Waals surface area contributed by atoms with Crippen molar-refractivity contribution in [3.8, 4) is 0 Å². The number of anilines is 1. The summed E-state index contributed by atoms with van der Waals surface area (Å²) in [5.74, 6) is -0.149. The number of nitrogens with two attached hydrogens (primary N) is 1. The second-order valence-electron chi connectivity index (χ2n) is 4.52. The van der Waals surface area contributed by atoms with Crippen molar-refractivity contribution in [3.05, 3.63) is 66.0 Å². The number of pyridine rings is 1. The monoisotopic (exact) mass is 267 g/mol. The number of amides is 1. The van der Waals surface area contributed by atoms with E-state index < -0.39 is 0 Å². The molecule has 4 nitrogen and oxygen atoms in total. The van der Waals surface area contributed by atoms with Crippen LogP contribution >= 0.6 is 0 Å². The zero-order valence-electron chi connectivity index (χ0n) is 11.3. The molecule has 0 aliphatic heterocycles. The molecule has 1 atom stereocenters. The first-order valence-electron chi connectivity index (χ1n) is 6.39. The molecule has 0 unspecified atom stereocenters. The highest BCUT2D eigenvalue weighted by molar-refractivity contribution is 5.92. The van der Waals surface area contributed by atoms with Gasteiger partial charge in [0.1, 0.15) is 0 Å². The number of hydrogen-bond acceptors (Lipinski definition) is 3.